The summed E-state index contributed by atoms with van der Waals surface area (Å²) < 4.78 is 11.0. The highest BCUT2D eigenvalue weighted by molar-refractivity contribution is 14.2. The van der Waals surface area contributed by atoms with Crippen LogP contribution in [0.15, 0.2) is 131 Å². The first-order chi connectivity index (χ1) is 38.6. The number of nitrogens with one attached hydrogen (secondary N) is 4. The molecule has 4 aromatic rings. The van der Waals surface area contributed by atoms with Crippen molar-refractivity contribution in [1.82, 2.24) is 20.4 Å². The third kappa shape index (κ3) is 68.1. The van der Waals surface area contributed by atoms with Crippen molar-refractivity contribution in [2.24, 2.45) is 9.98 Å². The Morgan fingerprint density at radius 2 is 0.659 bits per heavy atom. The Kier molecular flexibility index (Phi) is 69.5. The van der Waals surface area contributed by atoms with Crippen molar-refractivity contribution >= 4 is 83.5 Å². The molecule has 12 nitrogen and oxygen atoms in total. The quantitative estimate of drug-likeness (QED) is 0.0272. The Morgan fingerprint density at radius 3 is 0.805 bits per heavy atom. The molecule has 4 rings (SSSR count). The van der Waals surface area contributed by atoms with Crippen LogP contribution in [0.3, 0.4) is 0 Å². The Bertz CT molecular complexity index is 1880. The number of anilines is 2. The zero-order valence-corrected chi connectivity index (χ0v) is 59.2. The minimum absolute atomic E-state index is 0.0452. The zero-order valence-electron chi connectivity index (χ0n) is 55.0. The number of unbranched alkanes of at least 4 members (excludes halogenated alkanes) is 5. The molecule has 2 atom stereocenters. The molecule has 0 radical (unpaired) electrons. The van der Waals surface area contributed by atoms with E-state index in [9.17, 15) is 23.4 Å². The number of para-hydroxylation sites is 4. The Labute approximate surface area is 518 Å². The normalized spacial score (nSPS) is 9.96. The van der Waals surface area contributed by atoms with Gasteiger partial charge in [0, 0.05) is 59.7 Å². The van der Waals surface area contributed by atoms with Gasteiger partial charge in [-0.1, -0.05) is 230 Å². The van der Waals surface area contributed by atoms with E-state index in [0.717, 1.165) is 11.4 Å². The second-order valence-corrected chi connectivity index (χ2v) is 28.6. The van der Waals surface area contributed by atoms with Gasteiger partial charge in [0.25, 0.3) is 0 Å². The van der Waals surface area contributed by atoms with Gasteiger partial charge in [0.15, 0.2) is 5.56 Å². The fourth-order valence-corrected chi connectivity index (χ4v) is 6.49. The number of carbonyl (C=O) groups is 2. The van der Waals surface area contributed by atoms with E-state index in [1.807, 2.05) is 171 Å². The number of isocyanates is 2. The number of nitrogens with zero attached hydrogens (tertiary/aromatic N) is 4. The molecule has 82 heavy (non-hydrogen) atoms. The molecular formula is C66H116FIN8O4P2. The highest BCUT2D eigenvalue weighted by Gasteiger charge is 2.20. The van der Waals surface area contributed by atoms with Gasteiger partial charge < -0.3 is 31.1 Å². The Hall–Kier alpha value is -4.38. The fraction of sp³-hybridized carbons (Fsp3) is 0.576. The van der Waals surface area contributed by atoms with E-state index < -0.39 is 5.56 Å². The number of carbonyl (C=O) groups excluding carboxylic acids is 4. The molecule has 0 aliphatic carbocycles. The highest BCUT2D eigenvalue weighted by Crippen LogP contribution is 2.54. The number of rotatable bonds is 17. The number of halogens is 2. The topological polar surface area (TPSA) is 148 Å². The molecule has 468 valence electrons. The number of amides is 4. The maximum absolute atomic E-state index is 12.0. The predicted octanol–water partition coefficient (Wildman–Crippen LogP) is 21.5. The summed E-state index contributed by atoms with van der Waals surface area (Å²) in [5.41, 5.74) is 1.72. The van der Waals surface area contributed by atoms with Crippen molar-refractivity contribution in [3.8, 4) is 0 Å². The molecule has 0 saturated carbocycles. The van der Waals surface area contributed by atoms with E-state index in [4.69, 9.17) is 0 Å². The van der Waals surface area contributed by atoms with Crippen molar-refractivity contribution in [3.63, 3.8) is 0 Å². The summed E-state index contributed by atoms with van der Waals surface area (Å²) >= 11 is 1.70. The van der Waals surface area contributed by atoms with Crippen molar-refractivity contribution in [1.29, 1.82) is 0 Å². The average Bonchev–Trinajstić information content (AvgIpc) is 3.39. The summed E-state index contributed by atoms with van der Waals surface area (Å²) in [6.07, 6.45) is 13.7. The maximum atomic E-state index is 12.0. The minimum Gasteiger partial charge on any atom is -0.320 e. The first kappa shape index (κ1) is 88.8. The van der Waals surface area contributed by atoms with Crippen LogP contribution in [0.25, 0.3) is 0 Å². The van der Waals surface area contributed by atoms with Crippen LogP contribution < -0.4 is 21.3 Å². The lowest BCUT2D eigenvalue weighted by molar-refractivity contribution is 0.177. The molecule has 0 aromatic heterocycles. The summed E-state index contributed by atoms with van der Waals surface area (Å²) in [6, 6.07) is 40.2. The Morgan fingerprint density at radius 1 is 0.451 bits per heavy atom. The van der Waals surface area contributed by atoms with Crippen LogP contribution in [-0.2, 0) is 9.59 Å². The van der Waals surface area contributed by atoms with Gasteiger partial charge in [-0.25, -0.2) is 23.4 Å². The van der Waals surface area contributed by atoms with Crippen LogP contribution in [0.2, 0.25) is 0 Å². The summed E-state index contributed by atoms with van der Waals surface area (Å²) in [6.45, 7) is 46.6. The minimum atomic E-state index is -1.23. The van der Waals surface area contributed by atoms with E-state index in [1.54, 1.807) is 46.3 Å². The third-order valence-corrected chi connectivity index (χ3v) is 9.90. The van der Waals surface area contributed by atoms with Gasteiger partial charge in [0.05, 0.1) is 11.4 Å². The van der Waals surface area contributed by atoms with Crippen molar-refractivity contribution in [2.45, 2.75) is 252 Å². The summed E-state index contributed by atoms with van der Waals surface area (Å²) in [4.78, 5) is 53.8. The second-order valence-electron chi connectivity index (χ2n) is 20.8. The van der Waals surface area contributed by atoms with Gasteiger partial charge in [0.1, 0.15) is 0 Å². The first-order valence-corrected chi connectivity index (χ1v) is 35.2. The smallest absolute Gasteiger partial charge is 0.320 e. The van der Waals surface area contributed by atoms with E-state index >= 15 is 0 Å². The van der Waals surface area contributed by atoms with Crippen LogP contribution >= 0.6 is 36.5 Å². The van der Waals surface area contributed by atoms with Gasteiger partial charge >= 0.3 is 12.1 Å². The second kappa shape index (κ2) is 64.2. The van der Waals surface area contributed by atoms with Crippen LogP contribution in [0.5, 0.6) is 0 Å². The van der Waals surface area contributed by atoms with E-state index in [2.05, 4.69) is 128 Å². The van der Waals surface area contributed by atoms with Crippen molar-refractivity contribution in [3.05, 3.63) is 121 Å². The molecule has 0 heterocycles. The summed E-state index contributed by atoms with van der Waals surface area (Å²) in [7, 11) is 2.04. The number of hydrogen-bond donors (Lipinski definition) is 4. The maximum Gasteiger partial charge on any atom is 0.322 e. The van der Waals surface area contributed by atoms with E-state index in [1.165, 1.54) is 63.5 Å². The lowest BCUT2D eigenvalue weighted by Gasteiger charge is -2.30. The number of benzene rings is 4. The fourth-order valence-electron chi connectivity index (χ4n) is 6.49. The highest BCUT2D eigenvalue weighted by atomic mass is 127. The molecule has 4 aromatic carbocycles. The monoisotopic (exact) mass is 1290 g/mol. The lowest BCUT2D eigenvalue weighted by atomic mass is 10.2. The molecule has 0 aliphatic heterocycles. The van der Waals surface area contributed by atoms with Crippen molar-refractivity contribution < 1.29 is 23.4 Å². The lowest BCUT2D eigenvalue weighted by Crippen LogP contribution is -2.44. The van der Waals surface area contributed by atoms with E-state index in [-0.39, 0.29) is 36.2 Å². The SMILES string of the molecule is CC(C)N(C(=O)Nc1ccccc1)C(C)C.CC(C)N(C(=O)Nc1ccccc1)C(C)C.CC(C)NC(C)C.CC(C)NC(C)C.CCCC.CCCC.CCCCCC.FP(P)I.O=C=Nc1ccccc1.O=C=Nc1ccccc1. The van der Waals surface area contributed by atoms with Crippen LogP contribution in [0.1, 0.15) is 204 Å². The largest absolute Gasteiger partial charge is 0.322 e. The molecule has 0 bridgehead atoms. The van der Waals surface area contributed by atoms with Gasteiger partial charge in [-0.05, 0) is 126 Å². The Balaban J connectivity index is -0.000000204. The number of aliphatic imine (C=N–C) groups is 2. The van der Waals surface area contributed by atoms with Gasteiger partial charge in [0.2, 0.25) is 12.2 Å². The number of hydrogen-bond acceptors (Lipinski definition) is 8. The van der Waals surface area contributed by atoms with Crippen LogP contribution in [0, 0.1) is 0 Å². The summed E-state index contributed by atoms with van der Waals surface area (Å²) in [5, 5.41) is 12.4. The van der Waals surface area contributed by atoms with Crippen LogP contribution in [-0.4, -0.2) is 82.4 Å². The molecule has 16 heteroatoms. The average molecular weight is 1290 g/mol. The van der Waals surface area contributed by atoms with Gasteiger partial charge in [-0.15, -0.1) is 0 Å². The van der Waals surface area contributed by atoms with E-state index in [0.29, 0.717) is 35.5 Å². The first-order valence-electron chi connectivity index (χ1n) is 29.6. The predicted molar refractivity (Wildman–Crippen MR) is 373 cm³/mol. The number of urea groups is 2. The standard InChI is InChI=1S/2C13H20N2O.2C7H5NO.2C6H15N.C6H14.2C4H10.FH2IP2/c2*1-10(2)15(11(3)4)13(16)14-12-8-6-5-7-9-12;2*9-6-8-7-4-2-1-3-5-7;2*1-5(2)7-6(3)4;1-3-5-6-4-2;2*1-3-4-2;1-4(2)3/h2*5-11H,1-4H3,(H,14,16);2*1-5H;2*5-7H,1-4H3;3-6H2,1-2H3;2*3-4H2,1-2H3;3H2. The third-order valence-electron chi connectivity index (χ3n) is 9.90. The molecule has 0 saturated heterocycles. The molecule has 4 N–H and O–H groups in total. The van der Waals surface area contributed by atoms with Gasteiger partial charge in [-0.2, -0.15) is 9.98 Å². The van der Waals surface area contributed by atoms with Crippen LogP contribution in [0.4, 0.5) is 36.5 Å². The summed E-state index contributed by atoms with van der Waals surface area (Å²) in [5.74, 6) is 0. The molecule has 0 fully saturated rings. The molecular weight excluding hydrogens is 1180 g/mol. The molecule has 2 unspecified atom stereocenters. The van der Waals surface area contributed by atoms with Gasteiger partial charge in [-0.3, -0.25) is 0 Å². The molecule has 4 amide bonds. The zero-order chi connectivity index (χ0) is 64.3. The molecule has 0 aliphatic rings. The van der Waals surface area contributed by atoms with Crippen molar-refractivity contribution in [2.75, 3.05) is 10.6 Å². The molecule has 0 spiro atoms.